The van der Waals surface area contributed by atoms with Crippen LogP contribution < -0.4 is 0 Å². The average molecular weight is 130 g/mol. The number of hydrogen-bond acceptors (Lipinski definition) is 4. The maximum absolute atomic E-state index is 10.1. The molecule has 0 spiro atoms. The van der Waals surface area contributed by atoms with Gasteiger partial charge in [-0.25, -0.2) is 0 Å². The summed E-state index contributed by atoms with van der Waals surface area (Å²) in [6.45, 7) is 3.04. The quantitative estimate of drug-likeness (QED) is 0.482. The van der Waals surface area contributed by atoms with E-state index < -0.39 is 5.85 Å². The molecule has 0 N–H and O–H groups in total. The van der Waals surface area contributed by atoms with Crippen molar-refractivity contribution in [2.24, 2.45) is 5.18 Å². The van der Waals surface area contributed by atoms with Crippen molar-refractivity contribution < 1.29 is 4.74 Å². The molecule has 0 aromatic rings. The number of nitrogens with zero attached hydrogens (tertiary/aromatic N) is 2. The van der Waals surface area contributed by atoms with E-state index in [1.54, 1.807) is 11.8 Å². The second-order valence-electron chi connectivity index (χ2n) is 2.30. The summed E-state index contributed by atoms with van der Waals surface area (Å²) in [6, 6.07) is 0. The van der Waals surface area contributed by atoms with Crippen molar-refractivity contribution in [2.75, 3.05) is 20.2 Å². The van der Waals surface area contributed by atoms with E-state index in [4.69, 9.17) is 4.74 Å². The van der Waals surface area contributed by atoms with E-state index in [9.17, 15) is 4.91 Å². The minimum absolute atomic E-state index is 0.596. The Balaban J connectivity index is 2.66. The third-order valence-corrected chi connectivity index (χ3v) is 1.68. The van der Waals surface area contributed by atoms with Gasteiger partial charge >= 0.3 is 0 Å². The fourth-order valence-electron chi connectivity index (χ4n) is 0.790. The van der Waals surface area contributed by atoms with Crippen LogP contribution in [0.1, 0.15) is 6.92 Å². The van der Waals surface area contributed by atoms with Crippen molar-refractivity contribution >= 4 is 0 Å². The summed E-state index contributed by atoms with van der Waals surface area (Å²) < 4.78 is 5.05. The van der Waals surface area contributed by atoms with Gasteiger partial charge in [0.1, 0.15) is 0 Å². The van der Waals surface area contributed by atoms with Crippen molar-refractivity contribution in [3.8, 4) is 0 Å². The summed E-state index contributed by atoms with van der Waals surface area (Å²) in [7, 11) is 1.81. The lowest BCUT2D eigenvalue weighted by atomic mass is 10.4. The van der Waals surface area contributed by atoms with Crippen molar-refractivity contribution in [3.05, 3.63) is 4.91 Å². The third kappa shape index (κ3) is 0.951. The second-order valence-corrected chi connectivity index (χ2v) is 2.30. The van der Waals surface area contributed by atoms with Crippen molar-refractivity contribution in [3.63, 3.8) is 0 Å². The van der Waals surface area contributed by atoms with Gasteiger partial charge in [-0.15, -0.1) is 4.91 Å². The first-order valence-corrected chi connectivity index (χ1v) is 2.89. The summed E-state index contributed by atoms with van der Waals surface area (Å²) in [5.41, 5.74) is 0. The lowest BCUT2D eigenvalue weighted by Crippen LogP contribution is -2.36. The fraction of sp³-hybridized carbons (Fsp3) is 1.00. The van der Waals surface area contributed by atoms with Crippen molar-refractivity contribution in [2.45, 2.75) is 12.8 Å². The largest absolute Gasteiger partial charge is 0.338 e. The molecule has 9 heavy (non-hydrogen) atoms. The number of hydrogen-bond donors (Lipinski definition) is 0. The van der Waals surface area contributed by atoms with Crippen LogP contribution in [0.4, 0.5) is 0 Å². The molecule has 0 aromatic carbocycles. The van der Waals surface area contributed by atoms with Crippen LogP contribution in [0.3, 0.4) is 0 Å². The van der Waals surface area contributed by atoms with E-state index in [0.29, 0.717) is 6.61 Å². The van der Waals surface area contributed by atoms with Gasteiger partial charge in [-0.2, -0.15) is 0 Å². The van der Waals surface area contributed by atoms with Crippen LogP contribution in [-0.2, 0) is 4.74 Å². The van der Waals surface area contributed by atoms with Crippen LogP contribution in [0.2, 0.25) is 0 Å². The van der Waals surface area contributed by atoms with E-state index in [1.807, 2.05) is 7.05 Å². The molecule has 1 heterocycles. The Bertz CT molecular complexity index is 128. The van der Waals surface area contributed by atoms with E-state index >= 15 is 0 Å². The first-order valence-electron chi connectivity index (χ1n) is 2.89. The fourth-order valence-corrected chi connectivity index (χ4v) is 0.790. The predicted molar refractivity (Wildman–Crippen MR) is 32.8 cm³/mol. The molecule has 4 nitrogen and oxygen atoms in total. The minimum atomic E-state index is -0.903. The van der Waals surface area contributed by atoms with Gasteiger partial charge < -0.3 is 4.74 Å². The molecule has 0 aromatic heterocycles. The molecule has 1 saturated heterocycles. The van der Waals surface area contributed by atoms with Gasteiger partial charge in [0.15, 0.2) is 0 Å². The Morgan fingerprint density at radius 1 is 1.78 bits per heavy atom. The van der Waals surface area contributed by atoms with Crippen LogP contribution >= 0.6 is 0 Å². The molecule has 0 radical (unpaired) electrons. The zero-order valence-corrected chi connectivity index (χ0v) is 5.63. The van der Waals surface area contributed by atoms with Crippen LogP contribution in [0.25, 0.3) is 0 Å². The standard InChI is InChI=1S/C5H10N2O2/c1-5(6-8)7(2)3-4-9-5/h3-4H2,1-2H3. The third-order valence-electron chi connectivity index (χ3n) is 1.68. The van der Waals surface area contributed by atoms with Gasteiger partial charge in [-0.3, -0.25) is 4.90 Å². The summed E-state index contributed by atoms with van der Waals surface area (Å²) in [4.78, 5) is 11.9. The maximum Gasteiger partial charge on any atom is 0.255 e. The average Bonchev–Trinajstić information content (AvgIpc) is 2.15. The van der Waals surface area contributed by atoms with Gasteiger partial charge in [0.25, 0.3) is 5.85 Å². The molecule has 0 amide bonds. The molecule has 4 heteroatoms. The summed E-state index contributed by atoms with van der Waals surface area (Å²) in [5.74, 6) is -0.903. The molecule has 0 bridgehead atoms. The van der Waals surface area contributed by atoms with Gasteiger partial charge in [0, 0.05) is 13.5 Å². The van der Waals surface area contributed by atoms with Crippen LogP contribution in [-0.4, -0.2) is 30.9 Å². The molecule has 1 rings (SSSR count). The highest BCUT2D eigenvalue weighted by atomic mass is 16.6. The van der Waals surface area contributed by atoms with E-state index in [0.717, 1.165) is 6.54 Å². The lowest BCUT2D eigenvalue weighted by Gasteiger charge is -2.21. The Morgan fingerprint density at radius 3 is 2.67 bits per heavy atom. The van der Waals surface area contributed by atoms with E-state index in [-0.39, 0.29) is 0 Å². The molecular formula is C5H10N2O2. The SMILES string of the molecule is CN1CCOC1(C)N=O. The summed E-state index contributed by atoms with van der Waals surface area (Å²) >= 11 is 0. The Hall–Kier alpha value is -0.480. The summed E-state index contributed by atoms with van der Waals surface area (Å²) in [5, 5.41) is 2.85. The van der Waals surface area contributed by atoms with Crippen LogP contribution in [0, 0.1) is 4.91 Å². The Morgan fingerprint density at radius 2 is 2.44 bits per heavy atom. The van der Waals surface area contributed by atoms with Crippen LogP contribution in [0.15, 0.2) is 5.18 Å². The number of likely N-dealkylation sites (N-methyl/N-ethyl adjacent to an activating group) is 1. The van der Waals surface area contributed by atoms with Crippen molar-refractivity contribution in [1.29, 1.82) is 0 Å². The minimum Gasteiger partial charge on any atom is -0.338 e. The summed E-state index contributed by atoms with van der Waals surface area (Å²) in [6.07, 6.45) is 0. The highest BCUT2D eigenvalue weighted by molar-refractivity contribution is 4.75. The second kappa shape index (κ2) is 2.04. The molecule has 1 unspecified atom stereocenters. The van der Waals surface area contributed by atoms with Crippen LogP contribution in [0.5, 0.6) is 0 Å². The monoisotopic (exact) mass is 130 g/mol. The highest BCUT2D eigenvalue weighted by Crippen LogP contribution is 2.21. The molecule has 0 aliphatic carbocycles. The molecular weight excluding hydrogens is 120 g/mol. The van der Waals surface area contributed by atoms with Gasteiger partial charge in [0.2, 0.25) is 0 Å². The molecule has 0 saturated carbocycles. The number of rotatable bonds is 1. The highest BCUT2D eigenvalue weighted by Gasteiger charge is 2.36. The predicted octanol–water partition coefficient (Wildman–Crippen LogP) is 0.388. The Labute approximate surface area is 53.8 Å². The van der Waals surface area contributed by atoms with Gasteiger partial charge in [-0.05, 0) is 12.2 Å². The van der Waals surface area contributed by atoms with E-state index in [1.165, 1.54) is 0 Å². The Kier molecular flexibility index (Phi) is 1.50. The van der Waals surface area contributed by atoms with E-state index in [2.05, 4.69) is 5.18 Å². The first kappa shape index (κ1) is 6.64. The first-order chi connectivity index (χ1) is 4.19. The molecule has 52 valence electrons. The number of nitroso groups, excluding NO2 is 1. The smallest absolute Gasteiger partial charge is 0.255 e. The van der Waals surface area contributed by atoms with Gasteiger partial charge in [-0.1, -0.05) is 0 Å². The van der Waals surface area contributed by atoms with Gasteiger partial charge in [0.05, 0.1) is 6.61 Å². The maximum atomic E-state index is 10.1. The zero-order chi connectivity index (χ0) is 6.91. The molecule has 1 fully saturated rings. The molecule has 1 aliphatic heterocycles. The topological polar surface area (TPSA) is 41.9 Å². The number of ether oxygens (including phenoxy) is 1. The zero-order valence-electron chi connectivity index (χ0n) is 5.63. The lowest BCUT2D eigenvalue weighted by molar-refractivity contribution is -0.0489. The molecule has 1 aliphatic rings. The molecule has 1 atom stereocenters. The normalized spacial score (nSPS) is 37.1. The van der Waals surface area contributed by atoms with Crippen molar-refractivity contribution in [1.82, 2.24) is 4.90 Å².